The Balaban J connectivity index is 3.20. The number of methoxy groups -OCH3 is 2. The second-order valence-corrected chi connectivity index (χ2v) is 2.44. The molecule has 0 spiro atoms. The van der Waals surface area contributed by atoms with E-state index >= 15 is 0 Å². The van der Waals surface area contributed by atoms with E-state index in [4.69, 9.17) is 15.2 Å². The van der Waals surface area contributed by atoms with Gasteiger partial charge in [-0.15, -0.1) is 0 Å². The van der Waals surface area contributed by atoms with Crippen LogP contribution in [0.2, 0.25) is 0 Å². The van der Waals surface area contributed by atoms with Crippen LogP contribution in [0.5, 0.6) is 11.9 Å². The highest BCUT2D eigenvalue weighted by atomic mass is 16.5. The van der Waals surface area contributed by atoms with Crippen molar-refractivity contribution in [2.24, 2.45) is 0 Å². The van der Waals surface area contributed by atoms with Crippen molar-refractivity contribution in [3.8, 4) is 11.9 Å². The van der Waals surface area contributed by atoms with Crippen molar-refractivity contribution in [3.63, 3.8) is 0 Å². The molecule has 0 aromatic carbocycles. The summed E-state index contributed by atoms with van der Waals surface area (Å²) < 4.78 is 9.90. The van der Waals surface area contributed by atoms with Crippen LogP contribution in [0.3, 0.4) is 0 Å². The Morgan fingerprint density at radius 3 is 2.38 bits per heavy atom. The number of ether oxygens (including phenoxy) is 2. The smallest absolute Gasteiger partial charge is 0.321 e. The van der Waals surface area contributed by atoms with Crippen molar-refractivity contribution in [2.45, 2.75) is 13.3 Å². The molecule has 0 fully saturated rings. The number of rotatable bonds is 3. The van der Waals surface area contributed by atoms with Crippen LogP contribution in [-0.2, 0) is 6.42 Å². The molecule has 5 heteroatoms. The van der Waals surface area contributed by atoms with E-state index in [9.17, 15) is 0 Å². The Kier molecular flexibility index (Phi) is 2.89. The first kappa shape index (κ1) is 9.57. The predicted molar refractivity (Wildman–Crippen MR) is 48.9 cm³/mol. The molecule has 2 N–H and O–H groups in total. The number of aromatic nitrogens is 2. The minimum Gasteiger partial charge on any atom is -0.481 e. The van der Waals surface area contributed by atoms with E-state index in [0.717, 1.165) is 12.0 Å². The number of nitrogens with zero attached hydrogens (tertiary/aromatic N) is 2. The molecule has 0 saturated carbocycles. The molecule has 72 valence electrons. The number of nitrogens with two attached hydrogens (primary N) is 1. The normalized spacial score (nSPS) is 9.77. The molecule has 0 unspecified atom stereocenters. The zero-order valence-electron chi connectivity index (χ0n) is 8.00. The van der Waals surface area contributed by atoms with Crippen LogP contribution in [0.15, 0.2) is 0 Å². The maximum Gasteiger partial charge on any atom is 0.321 e. The quantitative estimate of drug-likeness (QED) is 0.744. The lowest BCUT2D eigenvalue weighted by Gasteiger charge is -2.08. The first-order valence-corrected chi connectivity index (χ1v) is 3.97. The number of nitrogen functional groups attached to an aromatic ring is 1. The van der Waals surface area contributed by atoms with Gasteiger partial charge < -0.3 is 15.2 Å². The Bertz CT molecular complexity index is 302. The maximum absolute atomic E-state index is 5.67. The first-order chi connectivity index (χ1) is 6.22. The van der Waals surface area contributed by atoms with Gasteiger partial charge in [0.1, 0.15) is 5.82 Å². The average molecular weight is 183 g/mol. The summed E-state index contributed by atoms with van der Waals surface area (Å²) in [6.45, 7) is 1.96. The van der Waals surface area contributed by atoms with Crippen LogP contribution in [0.25, 0.3) is 0 Å². The molecular formula is C8H13N3O2. The summed E-state index contributed by atoms with van der Waals surface area (Å²) in [7, 11) is 3.03. The molecule has 0 aliphatic heterocycles. The fraction of sp³-hybridized carbons (Fsp3) is 0.500. The van der Waals surface area contributed by atoms with Crippen LogP contribution >= 0.6 is 0 Å². The van der Waals surface area contributed by atoms with Crippen molar-refractivity contribution < 1.29 is 9.47 Å². The van der Waals surface area contributed by atoms with Gasteiger partial charge in [0.25, 0.3) is 0 Å². The van der Waals surface area contributed by atoms with Gasteiger partial charge in [-0.1, -0.05) is 6.92 Å². The summed E-state index contributed by atoms with van der Waals surface area (Å²) >= 11 is 0. The summed E-state index contributed by atoms with van der Waals surface area (Å²) in [5, 5.41) is 0. The molecule has 0 aliphatic rings. The fourth-order valence-corrected chi connectivity index (χ4v) is 1.05. The summed E-state index contributed by atoms with van der Waals surface area (Å²) in [4.78, 5) is 7.94. The molecule has 5 nitrogen and oxygen atoms in total. The van der Waals surface area contributed by atoms with Crippen LogP contribution in [0.1, 0.15) is 12.5 Å². The molecule has 1 aromatic rings. The lowest BCUT2D eigenvalue weighted by molar-refractivity contribution is 0.350. The minimum absolute atomic E-state index is 0.228. The van der Waals surface area contributed by atoms with Gasteiger partial charge in [0.05, 0.1) is 19.8 Å². The minimum atomic E-state index is 0.228. The zero-order valence-corrected chi connectivity index (χ0v) is 8.00. The summed E-state index contributed by atoms with van der Waals surface area (Å²) in [6.07, 6.45) is 0.735. The van der Waals surface area contributed by atoms with Crippen LogP contribution in [0, 0.1) is 0 Å². The molecule has 0 amide bonds. The molecule has 1 rings (SSSR count). The van der Waals surface area contributed by atoms with E-state index in [1.54, 1.807) is 7.11 Å². The topological polar surface area (TPSA) is 70.3 Å². The molecular weight excluding hydrogens is 170 g/mol. The fourth-order valence-electron chi connectivity index (χ4n) is 1.05. The van der Waals surface area contributed by atoms with Crippen molar-refractivity contribution in [2.75, 3.05) is 20.0 Å². The number of hydrogen-bond donors (Lipinski definition) is 1. The highest BCUT2D eigenvalue weighted by molar-refractivity contribution is 5.46. The van der Waals surface area contributed by atoms with Gasteiger partial charge in [-0.25, -0.2) is 0 Å². The van der Waals surface area contributed by atoms with Gasteiger partial charge in [0.2, 0.25) is 5.88 Å². The van der Waals surface area contributed by atoms with E-state index in [1.165, 1.54) is 7.11 Å². The van der Waals surface area contributed by atoms with E-state index in [1.807, 2.05) is 6.92 Å². The third kappa shape index (κ3) is 1.80. The monoisotopic (exact) mass is 183 g/mol. The maximum atomic E-state index is 5.67. The lowest BCUT2D eigenvalue weighted by atomic mass is 10.2. The van der Waals surface area contributed by atoms with Gasteiger partial charge in [-0.3, -0.25) is 0 Å². The number of hydrogen-bond acceptors (Lipinski definition) is 5. The second kappa shape index (κ2) is 3.93. The van der Waals surface area contributed by atoms with Gasteiger partial charge in [-0.05, 0) is 6.42 Å². The summed E-state index contributed by atoms with van der Waals surface area (Å²) in [5.41, 5.74) is 6.48. The van der Waals surface area contributed by atoms with Gasteiger partial charge >= 0.3 is 6.01 Å². The van der Waals surface area contributed by atoms with E-state index < -0.39 is 0 Å². The SMILES string of the molecule is CCc1c(N)nc(OC)nc1OC. The van der Waals surface area contributed by atoms with Crippen molar-refractivity contribution in [3.05, 3.63) is 5.56 Å². The Morgan fingerprint density at radius 2 is 1.92 bits per heavy atom. The molecule has 0 bridgehead atoms. The molecule has 0 saturated heterocycles. The van der Waals surface area contributed by atoms with Crippen molar-refractivity contribution >= 4 is 5.82 Å². The van der Waals surface area contributed by atoms with Gasteiger partial charge in [0.15, 0.2) is 0 Å². The Labute approximate surface area is 76.9 Å². The Morgan fingerprint density at radius 1 is 1.23 bits per heavy atom. The average Bonchev–Trinajstić information content (AvgIpc) is 2.16. The van der Waals surface area contributed by atoms with Crippen LogP contribution in [-0.4, -0.2) is 24.2 Å². The van der Waals surface area contributed by atoms with Gasteiger partial charge in [0, 0.05) is 0 Å². The van der Waals surface area contributed by atoms with E-state index in [2.05, 4.69) is 9.97 Å². The van der Waals surface area contributed by atoms with Crippen LogP contribution < -0.4 is 15.2 Å². The predicted octanol–water partition coefficient (Wildman–Crippen LogP) is 0.638. The third-order valence-electron chi connectivity index (χ3n) is 1.71. The highest BCUT2D eigenvalue weighted by Gasteiger charge is 2.10. The summed E-state index contributed by atoms with van der Waals surface area (Å²) in [5.74, 6) is 0.887. The third-order valence-corrected chi connectivity index (χ3v) is 1.71. The van der Waals surface area contributed by atoms with E-state index in [-0.39, 0.29) is 6.01 Å². The van der Waals surface area contributed by atoms with Gasteiger partial charge in [-0.2, -0.15) is 9.97 Å². The Hall–Kier alpha value is -1.52. The van der Waals surface area contributed by atoms with Crippen molar-refractivity contribution in [1.82, 2.24) is 9.97 Å². The number of anilines is 1. The molecule has 0 atom stereocenters. The summed E-state index contributed by atoms with van der Waals surface area (Å²) in [6, 6.07) is 0.228. The largest absolute Gasteiger partial charge is 0.481 e. The lowest BCUT2D eigenvalue weighted by Crippen LogP contribution is -2.04. The highest BCUT2D eigenvalue weighted by Crippen LogP contribution is 2.23. The molecule has 0 radical (unpaired) electrons. The first-order valence-electron chi connectivity index (χ1n) is 3.97. The zero-order chi connectivity index (χ0) is 9.84. The second-order valence-electron chi connectivity index (χ2n) is 2.44. The van der Waals surface area contributed by atoms with E-state index in [0.29, 0.717) is 11.7 Å². The molecule has 1 heterocycles. The standard InChI is InChI=1S/C8H13N3O2/c1-4-5-6(9)10-8(13-3)11-7(5)12-2/h4H2,1-3H3,(H2,9,10,11). The van der Waals surface area contributed by atoms with Crippen molar-refractivity contribution in [1.29, 1.82) is 0 Å². The molecule has 1 aromatic heterocycles. The van der Waals surface area contributed by atoms with Crippen LogP contribution in [0.4, 0.5) is 5.82 Å². The molecule has 13 heavy (non-hydrogen) atoms. The molecule has 0 aliphatic carbocycles.